The fraction of sp³-hybridized carbons (Fsp3) is 0. The molecule has 0 aliphatic rings. The summed E-state index contributed by atoms with van der Waals surface area (Å²) in [7, 11) is 0. The Morgan fingerprint density at radius 3 is 1.37 bits per heavy atom. The van der Waals surface area contributed by atoms with Gasteiger partial charge in [-0.3, -0.25) is 4.57 Å². The van der Waals surface area contributed by atoms with Crippen LogP contribution in [0.1, 0.15) is 0 Å². The second-order valence-corrected chi connectivity index (χ2v) is 16.9. The van der Waals surface area contributed by atoms with E-state index in [9.17, 15) is 0 Å². The van der Waals surface area contributed by atoms with Crippen molar-refractivity contribution in [2.24, 2.45) is 0 Å². The minimum atomic E-state index is 0.865. The van der Waals surface area contributed by atoms with Gasteiger partial charge in [-0.25, -0.2) is 9.97 Å². The van der Waals surface area contributed by atoms with Gasteiger partial charge in [0.25, 0.3) is 0 Å². The molecule has 5 heteroatoms. The molecule has 0 atom stereocenters. The molecule has 0 aliphatic heterocycles. The Labute approximate surface area is 373 Å². The second-order valence-electron chi connectivity index (χ2n) is 16.9. The molecule has 0 aliphatic carbocycles. The highest BCUT2D eigenvalue weighted by Gasteiger charge is 2.21. The lowest BCUT2D eigenvalue weighted by molar-refractivity contribution is 1.06. The van der Waals surface area contributed by atoms with E-state index in [2.05, 4.69) is 238 Å². The Kier molecular flexibility index (Phi) is 7.62. The average Bonchev–Trinajstić information content (AvgIpc) is 4.02. The summed E-state index contributed by atoms with van der Waals surface area (Å²) in [5.41, 5.74) is 14.0. The highest BCUT2D eigenvalue weighted by molar-refractivity contribution is 6.27. The molecular formula is C60H37N5. The van der Waals surface area contributed by atoms with E-state index in [0.717, 1.165) is 83.6 Å². The summed E-state index contributed by atoms with van der Waals surface area (Å²) in [6.07, 6.45) is 0. The number of aromatic nitrogens is 5. The zero-order valence-corrected chi connectivity index (χ0v) is 35.1. The minimum Gasteiger partial charge on any atom is -0.309 e. The van der Waals surface area contributed by atoms with Crippen LogP contribution < -0.4 is 0 Å². The first-order valence-corrected chi connectivity index (χ1v) is 22.2. The highest BCUT2D eigenvalue weighted by Crippen LogP contribution is 2.43. The highest BCUT2D eigenvalue weighted by atomic mass is 15.1. The summed E-state index contributed by atoms with van der Waals surface area (Å²) in [5, 5.41) is 10.8. The molecule has 14 rings (SSSR count). The second kappa shape index (κ2) is 13.9. The molecule has 0 radical (unpaired) electrons. The van der Waals surface area contributed by atoms with Crippen molar-refractivity contribution < 1.29 is 0 Å². The van der Waals surface area contributed by atoms with Gasteiger partial charge in [0.1, 0.15) is 5.82 Å². The Balaban J connectivity index is 1.02. The van der Waals surface area contributed by atoms with Gasteiger partial charge in [0.15, 0.2) is 0 Å². The first-order chi connectivity index (χ1) is 32.3. The van der Waals surface area contributed by atoms with E-state index >= 15 is 0 Å². The first-order valence-electron chi connectivity index (χ1n) is 22.2. The molecule has 302 valence electrons. The fourth-order valence-corrected chi connectivity index (χ4v) is 10.6. The summed E-state index contributed by atoms with van der Waals surface area (Å²) >= 11 is 0. The summed E-state index contributed by atoms with van der Waals surface area (Å²) < 4.78 is 7.17. The number of fused-ring (bicyclic) bond motifs is 13. The van der Waals surface area contributed by atoms with Crippen molar-refractivity contribution in [3.8, 4) is 39.7 Å². The molecule has 0 spiro atoms. The zero-order chi connectivity index (χ0) is 42.6. The number of para-hydroxylation sites is 6. The topological polar surface area (TPSA) is 40.6 Å². The number of benzene rings is 9. The molecule has 5 aromatic heterocycles. The van der Waals surface area contributed by atoms with Crippen LogP contribution in [0.2, 0.25) is 0 Å². The zero-order valence-electron chi connectivity index (χ0n) is 35.1. The molecule has 0 unspecified atom stereocenters. The van der Waals surface area contributed by atoms with Gasteiger partial charge in [0, 0.05) is 71.4 Å². The van der Waals surface area contributed by atoms with E-state index in [-0.39, 0.29) is 0 Å². The molecule has 5 nitrogen and oxygen atoms in total. The maximum atomic E-state index is 5.56. The number of hydrogen-bond donors (Lipinski definition) is 0. The molecule has 0 bridgehead atoms. The van der Waals surface area contributed by atoms with Crippen molar-refractivity contribution in [1.82, 2.24) is 23.7 Å². The molecule has 5 heterocycles. The lowest BCUT2D eigenvalue weighted by Crippen LogP contribution is -2.03. The monoisotopic (exact) mass is 827 g/mol. The van der Waals surface area contributed by atoms with Gasteiger partial charge in [-0.15, -0.1) is 0 Å². The van der Waals surface area contributed by atoms with Gasteiger partial charge in [0.05, 0.1) is 55.7 Å². The third kappa shape index (κ3) is 5.27. The third-order valence-electron chi connectivity index (χ3n) is 13.4. The summed E-state index contributed by atoms with van der Waals surface area (Å²) in [4.78, 5) is 10.8. The summed E-state index contributed by atoms with van der Waals surface area (Å²) in [5.74, 6) is 0.865. The van der Waals surface area contributed by atoms with Crippen LogP contribution in [0.25, 0.3) is 127 Å². The van der Waals surface area contributed by atoms with Gasteiger partial charge < -0.3 is 9.13 Å². The molecule has 14 aromatic rings. The smallest absolute Gasteiger partial charge is 0.140 e. The van der Waals surface area contributed by atoms with Gasteiger partial charge in [0.2, 0.25) is 0 Å². The van der Waals surface area contributed by atoms with Gasteiger partial charge in [-0.1, -0.05) is 164 Å². The van der Waals surface area contributed by atoms with E-state index in [4.69, 9.17) is 9.97 Å². The molecule has 9 aromatic carbocycles. The van der Waals surface area contributed by atoms with E-state index < -0.39 is 0 Å². The van der Waals surface area contributed by atoms with Crippen LogP contribution in [0.4, 0.5) is 0 Å². The van der Waals surface area contributed by atoms with E-state index in [1.165, 1.54) is 43.2 Å². The maximum Gasteiger partial charge on any atom is 0.140 e. The van der Waals surface area contributed by atoms with Crippen LogP contribution in [-0.4, -0.2) is 23.7 Å². The van der Waals surface area contributed by atoms with E-state index in [0.29, 0.717) is 0 Å². The van der Waals surface area contributed by atoms with Crippen LogP contribution in [0.5, 0.6) is 0 Å². The van der Waals surface area contributed by atoms with Crippen molar-refractivity contribution >= 4 is 87.1 Å². The Morgan fingerprint density at radius 2 is 0.769 bits per heavy atom. The molecule has 0 saturated carbocycles. The normalized spacial score (nSPS) is 12.0. The molecule has 65 heavy (non-hydrogen) atoms. The molecule has 0 amide bonds. The molecular weight excluding hydrogens is 791 g/mol. The van der Waals surface area contributed by atoms with Gasteiger partial charge in [-0.2, -0.15) is 0 Å². The van der Waals surface area contributed by atoms with Crippen molar-refractivity contribution in [2.75, 3.05) is 0 Å². The lowest BCUT2D eigenvalue weighted by Gasteiger charge is -2.16. The predicted molar refractivity (Wildman–Crippen MR) is 271 cm³/mol. The number of pyridine rings is 2. The number of nitrogens with zero attached hydrogens (tertiary/aromatic N) is 5. The lowest BCUT2D eigenvalue weighted by atomic mass is 9.97. The Morgan fingerprint density at radius 1 is 0.292 bits per heavy atom. The predicted octanol–water partition coefficient (Wildman–Crippen LogP) is 15.4. The summed E-state index contributed by atoms with van der Waals surface area (Å²) in [6, 6.07) is 80.7. The first kappa shape index (κ1) is 35.8. The molecule has 0 saturated heterocycles. The Hall–Kier alpha value is -8.80. The SMILES string of the molecule is c1ccc(-c2nc3ccccc3c3c2ccc2c4ccccc4n(-c4ccc(-c5cc(-n6c7ccccc7c7ccccc76)cc(-n6c7ccccc7c7ccccc76)n5)cc4)c23)cc1. The molecule has 0 N–H and O–H groups in total. The minimum absolute atomic E-state index is 0.865. The fourth-order valence-electron chi connectivity index (χ4n) is 10.6. The van der Waals surface area contributed by atoms with E-state index in [1.807, 2.05) is 0 Å². The quantitative estimate of drug-likeness (QED) is 0.162. The number of rotatable bonds is 5. The Bertz CT molecular complexity index is 3990. The van der Waals surface area contributed by atoms with Gasteiger partial charge >= 0.3 is 0 Å². The van der Waals surface area contributed by atoms with Crippen LogP contribution >= 0.6 is 0 Å². The van der Waals surface area contributed by atoms with Crippen molar-refractivity contribution in [1.29, 1.82) is 0 Å². The van der Waals surface area contributed by atoms with Crippen molar-refractivity contribution in [3.05, 3.63) is 224 Å². The van der Waals surface area contributed by atoms with Crippen molar-refractivity contribution in [2.45, 2.75) is 0 Å². The average molecular weight is 828 g/mol. The maximum absolute atomic E-state index is 5.56. The third-order valence-corrected chi connectivity index (χ3v) is 13.4. The van der Waals surface area contributed by atoms with Crippen molar-refractivity contribution in [3.63, 3.8) is 0 Å². The van der Waals surface area contributed by atoms with Crippen LogP contribution in [0, 0.1) is 0 Å². The summed E-state index contributed by atoms with van der Waals surface area (Å²) in [6.45, 7) is 0. The van der Waals surface area contributed by atoms with Gasteiger partial charge in [-0.05, 0) is 54.6 Å². The number of hydrogen-bond acceptors (Lipinski definition) is 2. The van der Waals surface area contributed by atoms with Crippen LogP contribution in [0.3, 0.4) is 0 Å². The standard InChI is InChI=1S/C60H37N5/c1-2-16-39(17-3-1)59-49-35-34-47-46-22-9-13-27-54(46)64(60(47)58(49)48-23-4-10-24-50(48)62-59)40-32-30-38(31-33-40)51-36-41(63-52-25-11-5-18-42(52)43-19-6-12-26-53(43)63)37-57(61-51)65-55-28-14-7-20-44(55)45-21-8-15-29-56(45)65/h1-37H. The molecule has 0 fully saturated rings. The van der Waals surface area contributed by atoms with Crippen LogP contribution in [0.15, 0.2) is 224 Å². The van der Waals surface area contributed by atoms with Crippen LogP contribution in [-0.2, 0) is 0 Å². The van der Waals surface area contributed by atoms with E-state index in [1.54, 1.807) is 0 Å². The largest absolute Gasteiger partial charge is 0.309 e.